The maximum atomic E-state index is 11.8. The second kappa shape index (κ2) is 7.67. The van der Waals surface area contributed by atoms with Crippen LogP contribution < -0.4 is 5.90 Å². The first-order valence-corrected chi connectivity index (χ1v) is 6.83. The van der Waals surface area contributed by atoms with Gasteiger partial charge in [0, 0.05) is 25.6 Å². The number of nitrogens with zero attached hydrogens (tertiary/aromatic N) is 1. The summed E-state index contributed by atoms with van der Waals surface area (Å²) in [4.78, 5) is 17.8. The molecular weight excluding hydrogens is 248 g/mol. The summed E-state index contributed by atoms with van der Waals surface area (Å²) in [6.45, 7) is 5.00. The molecule has 1 amide bonds. The molecule has 0 aromatic heterocycles. The molecule has 112 valence electrons. The van der Waals surface area contributed by atoms with Crippen LogP contribution in [0.5, 0.6) is 0 Å². The van der Waals surface area contributed by atoms with Crippen LogP contribution >= 0.6 is 0 Å². The Bertz CT molecular complexity index is 286. The van der Waals surface area contributed by atoms with Gasteiger partial charge in [-0.15, -0.1) is 0 Å². The van der Waals surface area contributed by atoms with E-state index in [9.17, 15) is 9.90 Å². The highest BCUT2D eigenvalue weighted by Crippen LogP contribution is 2.28. The Morgan fingerprint density at radius 1 is 1.47 bits per heavy atom. The maximum Gasteiger partial charge on any atom is 0.428 e. The van der Waals surface area contributed by atoms with Gasteiger partial charge in [0.1, 0.15) is 0 Å². The fourth-order valence-electron chi connectivity index (χ4n) is 2.76. The number of piperidine rings is 1. The van der Waals surface area contributed by atoms with Gasteiger partial charge in [-0.2, -0.15) is 5.90 Å². The Morgan fingerprint density at radius 3 is 2.68 bits per heavy atom. The number of nitrogens with two attached hydrogens (primary N) is 1. The van der Waals surface area contributed by atoms with Crippen LogP contribution in [-0.2, 0) is 9.57 Å². The fourth-order valence-corrected chi connectivity index (χ4v) is 2.76. The lowest BCUT2D eigenvalue weighted by molar-refractivity contribution is -0.0178. The van der Waals surface area contributed by atoms with E-state index in [1.54, 1.807) is 12.0 Å². The number of aliphatic hydroxyl groups is 1. The van der Waals surface area contributed by atoms with E-state index in [1.165, 1.54) is 0 Å². The third-order valence-electron chi connectivity index (χ3n) is 3.70. The molecule has 1 saturated heterocycles. The number of hydrogen-bond acceptors (Lipinski definition) is 5. The summed E-state index contributed by atoms with van der Waals surface area (Å²) in [6, 6.07) is 0.141. The first-order chi connectivity index (χ1) is 8.99. The van der Waals surface area contributed by atoms with E-state index < -0.39 is 12.2 Å². The van der Waals surface area contributed by atoms with Gasteiger partial charge in [0.15, 0.2) is 0 Å². The lowest BCUT2D eigenvalue weighted by atomic mass is 9.86. The number of methoxy groups -OCH3 is 1. The fraction of sp³-hybridized carbons (Fsp3) is 0.923. The second-order valence-corrected chi connectivity index (χ2v) is 5.68. The molecule has 0 radical (unpaired) electrons. The third-order valence-corrected chi connectivity index (χ3v) is 3.70. The van der Waals surface area contributed by atoms with Crippen LogP contribution in [0, 0.1) is 11.8 Å². The van der Waals surface area contributed by atoms with E-state index >= 15 is 0 Å². The standard InChI is InChI=1S/C13H26N2O4/c1-9(2)6-11-5-4-10(12(16)8-18-3)7-15(11)13(17)19-14/h9-12,16H,4-8,14H2,1-3H3. The number of aliphatic hydroxyl groups excluding tert-OH is 1. The number of carbonyl (C=O) groups is 1. The average molecular weight is 274 g/mol. The predicted octanol–water partition coefficient (Wildman–Crippen LogP) is 1.13. The molecule has 0 spiro atoms. The van der Waals surface area contributed by atoms with Gasteiger partial charge < -0.3 is 19.6 Å². The smallest absolute Gasteiger partial charge is 0.390 e. The highest BCUT2D eigenvalue weighted by molar-refractivity contribution is 5.67. The van der Waals surface area contributed by atoms with Crippen LogP contribution in [0.4, 0.5) is 4.79 Å². The molecule has 1 fully saturated rings. The monoisotopic (exact) mass is 274 g/mol. The molecule has 0 aliphatic carbocycles. The van der Waals surface area contributed by atoms with Crippen molar-refractivity contribution in [2.75, 3.05) is 20.3 Å². The molecular formula is C13H26N2O4. The highest BCUT2D eigenvalue weighted by Gasteiger charge is 2.35. The van der Waals surface area contributed by atoms with Gasteiger partial charge >= 0.3 is 6.09 Å². The van der Waals surface area contributed by atoms with Crippen LogP contribution in [0.2, 0.25) is 0 Å². The van der Waals surface area contributed by atoms with E-state index in [2.05, 4.69) is 18.7 Å². The zero-order chi connectivity index (χ0) is 14.4. The molecule has 0 bridgehead atoms. The number of hydrogen-bond donors (Lipinski definition) is 2. The van der Waals surface area contributed by atoms with Crippen molar-refractivity contribution in [2.24, 2.45) is 17.7 Å². The minimum Gasteiger partial charge on any atom is -0.390 e. The number of amides is 1. The number of rotatable bonds is 5. The molecule has 6 heteroatoms. The molecule has 1 aliphatic heterocycles. The summed E-state index contributed by atoms with van der Waals surface area (Å²) in [5.41, 5.74) is 0. The van der Waals surface area contributed by atoms with Crippen molar-refractivity contribution < 1.29 is 19.5 Å². The SMILES string of the molecule is COCC(O)C1CCC(CC(C)C)N(C(=O)ON)C1. The topological polar surface area (TPSA) is 85.0 Å². The van der Waals surface area contributed by atoms with Crippen LogP contribution in [0.25, 0.3) is 0 Å². The lowest BCUT2D eigenvalue weighted by Crippen LogP contribution is -2.51. The van der Waals surface area contributed by atoms with Crippen molar-refractivity contribution in [3.63, 3.8) is 0 Å². The van der Waals surface area contributed by atoms with Crippen molar-refractivity contribution in [1.29, 1.82) is 0 Å². The van der Waals surface area contributed by atoms with Crippen LogP contribution in [0.1, 0.15) is 33.1 Å². The quantitative estimate of drug-likeness (QED) is 0.734. The second-order valence-electron chi connectivity index (χ2n) is 5.68. The van der Waals surface area contributed by atoms with Crippen LogP contribution in [-0.4, -0.2) is 48.5 Å². The van der Waals surface area contributed by atoms with Gasteiger partial charge in [-0.05, 0) is 25.2 Å². The Hall–Kier alpha value is -0.850. The summed E-state index contributed by atoms with van der Waals surface area (Å²) >= 11 is 0. The number of carbonyl (C=O) groups excluding carboxylic acids is 1. The summed E-state index contributed by atoms with van der Waals surface area (Å²) in [6.07, 6.45) is 1.59. The zero-order valence-corrected chi connectivity index (χ0v) is 12.0. The molecule has 0 aromatic carbocycles. The van der Waals surface area contributed by atoms with E-state index in [1.807, 2.05) is 0 Å². The third kappa shape index (κ3) is 4.63. The summed E-state index contributed by atoms with van der Waals surface area (Å²) in [7, 11) is 1.56. The van der Waals surface area contributed by atoms with Gasteiger partial charge in [-0.25, -0.2) is 4.79 Å². The minimum absolute atomic E-state index is 0.0162. The predicted molar refractivity (Wildman–Crippen MR) is 71.2 cm³/mol. The Kier molecular flexibility index (Phi) is 6.54. The van der Waals surface area contributed by atoms with Gasteiger partial charge in [0.2, 0.25) is 0 Å². The van der Waals surface area contributed by atoms with Gasteiger partial charge in [-0.1, -0.05) is 13.8 Å². The lowest BCUT2D eigenvalue weighted by Gasteiger charge is -2.40. The van der Waals surface area contributed by atoms with E-state index in [0.29, 0.717) is 12.5 Å². The van der Waals surface area contributed by atoms with Crippen LogP contribution in [0.15, 0.2) is 0 Å². The van der Waals surface area contributed by atoms with E-state index in [-0.39, 0.29) is 18.6 Å². The first-order valence-electron chi connectivity index (χ1n) is 6.83. The van der Waals surface area contributed by atoms with Gasteiger partial charge in [0.25, 0.3) is 0 Å². The highest BCUT2D eigenvalue weighted by atomic mass is 16.7. The molecule has 19 heavy (non-hydrogen) atoms. The van der Waals surface area contributed by atoms with Crippen molar-refractivity contribution in [2.45, 2.75) is 45.3 Å². The van der Waals surface area contributed by atoms with Crippen molar-refractivity contribution in [3.8, 4) is 0 Å². The maximum absolute atomic E-state index is 11.8. The van der Waals surface area contributed by atoms with Crippen LogP contribution in [0.3, 0.4) is 0 Å². The molecule has 3 N–H and O–H groups in total. The van der Waals surface area contributed by atoms with Crippen molar-refractivity contribution in [1.82, 2.24) is 4.90 Å². The molecule has 0 aromatic rings. The first kappa shape index (κ1) is 16.2. The molecule has 0 saturated carbocycles. The normalized spacial score (nSPS) is 25.5. The molecule has 3 unspecified atom stereocenters. The van der Waals surface area contributed by atoms with Gasteiger partial charge in [0.05, 0.1) is 12.7 Å². The minimum atomic E-state index is -0.557. The van der Waals surface area contributed by atoms with E-state index in [0.717, 1.165) is 19.3 Å². The van der Waals surface area contributed by atoms with Crippen molar-refractivity contribution in [3.05, 3.63) is 0 Å². The summed E-state index contributed by atoms with van der Waals surface area (Å²) in [5, 5.41) is 9.98. The van der Waals surface area contributed by atoms with Gasteiger partial charge in [-0.3, -0.25) is 0 Å². The zero-order valence-electron chi connectivity index (χ0n) is 12.0. The molecule has 6 nitrogen and oxygen atoms in total. The molecule has 1 rings (SSSR count). The Morgan fingerprint density at radius 2 is 2.16 bits per heavy atom. The van der Waals surface area contributed by atoms with Crippen molar-refractivity contribution >= 4 is 6.09 Å². The Balaban J connectivity index is 2.67. The summed E-state index contributed by atoms with van der Waals surface area (Å²) in [5.74, 6) is 5.51. The summed E-state index contributed by atoms with van der Waals surface area (Å²) < 4.78 is 4.96. The van der Waals surface area contributed by atoms with E-state index in [4.69, 9.17) is 10.6 Å². The number of likely N-dealkylation sites (tertiary alicyclic amines) is 1. The average Bonchev–Trinajstić information content (AvgIpc) is 2.37. The Labute approximate surface area is 114 Å². The molecule has 1 aliphatic rings. The number of ether oxygens (including phenoxy) is 1. The largest absolute Gasteiger partial charge is 0.428 e. The molecule has 1 heterocycles. The molecule has 3 atom stereocenters.